The zero-order valence-corrected chi connectivity index (χ0v) is 19.0. The Bertz CT molecular complexity index is 654. The van der Waals surface area contributed by atoms with Crippen molar-refractivity contribution in [3.05, 3.63) is 47.5 Å². The number of ether oxygens (including phenoxy) is 1. The number of hydrogen-bond donors (Lipinski definition) is 0. The Morgan fingerprint density at radius 3 is 2.37 bits per heavy atom. The standard InChI is InChI=1S/C27H41NO2/c1-2-3-4-5-6-7-8-9-11-17-24-20-25-18-14-19-26(21-24)28(25)27(29)30-22-23-15-12-10-13-16-23/h10,12-13,15-16,20,25-26H,2-9,11,14,17-19,21-22H2,1H3. The molecule has 1 aromatic rings. The fraction of sp³-hybridized carbons (Fsp3) is 0.667. The van der Waals surface area contributed by atoms with E-state index in [0.29, 0.717) is 12.6 Å². The van der Waals surface area contributed by atoms with Crippen LogP contribution in [0.25, 0.3) is 0 Å². The first-order valence-corrected chi connectivity index (χ1v) is 12.5. The Hall–Kier alpha value is -1.77. The van der Waals surface area contributed by atoms with Gasteiger partial charge in [0.2, 0.25) is 0 Å². The number of benzene rings is 1. The number of amides is 1. The average Bonchev–Trinajstić information content (AvgIpc) is 2.76. The zero-order valence-electron chi connectivity index (χ0n) is 19.0. The van der Waals surface area contributed by atoms with E-state index in [1.165, 1.54) is 70.6 Å². The average molecular weight is 412 g/mol. The van der Waals surface area contributed by atoms with Crippen molar-refractivity contribution in [2.75, 3.05) is 0 Å². The summed E-state index contributed by atoms with van der Waals surface area (Å²) in [6, 6.07) is 10.6. The molecule has 1 amide bonds. The second-order valence-corrected chi connectivity index (χ2v) is 9.21. The topological polar surface area (TPSA) is 29.5 Å². The van der Waals surface area contributed by atoms with Crippen LogP contribution in [-0.4, -0.2) is 23.1 Å². The number of hydrogen-bond acceptors (Lipinski definition) is 2. The normalized spacial score (nSPS) is 20.7. The first kappa shape index (κ1) is 22.9. The van der Waals surface area contributed by atoms with Crippen LogP contribution in [-0.2, 0) is 11.3 Å². The molecule has 2 atom stereocenters. The third-order valence-electron chi connectivity index (χ3n) is 6.73. The quantitative estimate of drug-likeness (QED) is 0.259. The van der Waals surface area contributed by atoms with Crippen molar-refractivity contribution in [3.8, 4) is 0 Å². The fourth-order valence-electron chi connectivity index (χ4n) is 5.04. The van der Waals surface area contributed by atoms with Crippen molar-refractivity contribution in [2.24, 2.45) is 0 Å². The highest BCUT2D eigenvalue weighted by molar-refractivity contribution is 5.69. The molecule has 166 valence electrons. The maximum atomic E-state index is 12.8. The Kier molecular flexibility index (Phi) is 9.79. The van der Waals surface area contributed by atoms with E-state index in [0.717, 1.165) is 24.8 Å². The molecule has 0 aromatic heterocycles. The van der Waals surface area contributed by atoms with Crippen LogP contribution in [0.5, 0.6) is 0 Å². The molecule has 2 heterocycles. The molecule has 2 aliphatic heterocycles. The first-order valence-electron chi connectivity index (χ1n) is 12.5. The lowest BCUT2D eigenvalue weighted by molar-refractivity contribution is 0.0479. The molecule has 2 unspecified atom stereocenters. The van der Waals surface area contributed by atoms with Crippen molar-refractivity contribution < 1.29 is 9.53 Å². The number of unbranched alkanes of at least 4 members (excludes halogenated alkanes) is 8. The van der Waals surface area contributed by atoms with E-state index in [-0.39, 0.29) is 12.1 Å². The van der Waals surface area contributed by atoms with Crippen molar-refractivity contribution in [1.29, 1.82) is 0 Å². The number of piperidine rings is 1. The molecule has 3 heteroatoms. The zero-order chi connectivity index (χ0) is 21.0. The van der Waals surface area contributed by atoms with Crippen molar-refractivity contribution in [1.82, 2.24) is 4.90 Å². The predicted octanol–water partition coefficient (Wildman–Crippen LogP) is 7.80. The van der Waals surface area contributed by atoms with Crippen LogP contribution in [0, 0.1) is 0 Å². The Labute approximate surface area is 183 Å². The molecule has 3 rings (SSSR count). The lowest BCUT2D eigenvalue weighted by Gasteiger charge is -2.44. The summed E-state index contributed by atoms with van der Waals surface area (Å²) >= 11 is 0. The van der Waals surface area contributed by atoms with Gasteiger partial charge in [-0.15, -0.1) is 0 Å². The number of nitrogens with zero attached hydrogens (tertiary/aromatic N) is 1. The number of carbonyl (C=O) groups is 1. The molecular formula is C27H41NO2. The summed E-state index contributed by atoms with van der Waals surface area (Å²) in [5, 5.41) is 0. The van der Waals surface area contributed by atoms with Gasteiger partial charge in [0.15, 0.2) is 0 Å². The number of carbonyl (C=O) groups excluding carboxylic acids is 1. The molecule has 3 nitrogen and oxygen atoms in total. The second-order valence-electron chi connectivity index (χ2n) is 9.21. The van der Waals surface area contributed by atoms with Crippen molar-refractivity contribution in [2.45, 2.75) is 116 Å². The van der Waals surface area contributed by atoms with Crippen LogP contribution in [0.15, 0.2) is 42.0 Å². The SMILES string of the molecule is CCCCCCCCCCCC1=CC2CCCC(C1)N2C(=O)OCc1ccccc1. The van der Waals surface area contributed by atoms with E-state index < -0.39 is 0 Å². The van der Waals surface area contributed by atoms with Gasteiger partial charge in [0.25, 0.3) is 0 Å². The van der Waals surface area contributed by atoms with E-state index in [1.54, 1.807) is 5.57 Å². The molecule has 0 aliphatic carbocycles. The highest BCUT2D eigenvalue weighted by Gasteiger charge is 2.37. The molecule has 1 saturated heterocycles. The molecule has 0 spiro atoms. The van der Waals surface area contributed by atoms with Gasteiger partial charge in [0.05, 0.1) is 6.04 Å². The van der Waals surface area contributed by atoms with Crippen LogP contribution in [0.1, 0.15) is 102 Å². The van der Waals surface area contributed by atoms with Gasteiger partial charge in [0, 0.05) is 6.04 Å². The van der Waals surface area contributed by atoms with E-state index in [1.807, 2.05) is 35.2 Å². The third-order valence-corrected chi connectivity index (χ3v) is 6.73. The monoisotopic (exact) mass is 411 g/mol. The smallest absolute Gasteiger partial charge is 0.410 e. The minimum Gasteiger partial charge on any atom is -0.445 e. The Morgan fingerprint density at radius 1 is 0.967 bits per heavy atom. The van der Waals surface area contributed by atoms with Gasteiger partial charge in [-0.3, -0.25) is 4.90 Å². The summed E-state index contributed by atoms with van der Waals surface area (Å²) in [5.74, 6) is 0. The van der Waals surface area contributed by atoms with E-state index in [9.17, 15) is 4.79 Å². The summed E-state index contributed by atoms with van der Waals surface area (Å²) in [6.45, 7) is 2.64. The summed E-state index contributed by atoms with van der Waals surface area (Å²) in [6.07, 6.45) is 20.3. The largest absolute Gasteiger partial charge is 0.445 e. The lowest BCUT2D eigenvalue weighted by Crippen LogP contribution is -2.51. The van der Waals surface area contributed by atoms with E-state index >= 15 is 0 Å². The van der Waals surface area contributed by atoms with Crippen LogP contribution in [0.4, 0.5) is 4.79 Å². The molecule has 0 saturated carbocycles. The Morgan fingerprint density at radius 2 is 1.67 bits per heavy atom. The van der Waals surface area contributed by atoms with Gasteiger partial charge < -0.3 is 4.74 Å². The van der Waals surface area contributed by atoms with E-state index in [4.69, 9.17) is 4.74 Å². The van der Waals surface area contributed by atoms with Gasteiger partial charge in [-0.05, 0) is 44.1 Å². The van der Waals surface area contributed by atoms with Gasteiger partial charge in [0.1, 0.15) is 6.61 Å². The van der Waals surface area contributed by atoms with Gasteiger partial charge >= 0.3 is 6.09 Å². The summed E-state index contributed by atoms with van der Waals surface area (Å²) in [5.41, 5.74) is 2.63. The van der Waals surface area contributed by atoms with Crippen molar-refractivity contribution in [3.63, 3.8) is 0 Å². The first-order chi connectivity index (χ1) is 14.8. The minimum atomic E-state index is -0.132. The molecule has 1 aromatic carbocycles. The second kappa shape index (κ2) is 12.8. The van der Waals surface area contributed by atoms with Crippen LogP contribution in [0.2, 0.25) is 0 Å². The fourth-order valence-corrected chi connectivity index (χ4v) is 5.04. The molecule has 2 bridgehead atoms. The summed E-state index contributed by atoms with van der Waals surface area (Å²) in [7, 11) is 0. The minimum absolute atomic E-state index is 0.132. The Balaban J connectivity index is 1.38. The highest BCUT2D eigenvalue weighted by Crippen LogP contribution is 2.35. The molecule has 2 aliphatic rings. The maximum Gasteiger partial charge on any atom is 0.410 e. The molecular weight excluding hydrogens is 370 g/mol. The van der Waals surface area contributed by atoms with Crippen LogP contribution < -0.4 is 0 Å². The van der Waals surface area contributed by atoms with Gasteiger partial charge in [-0.1, -0.05) is 100 Å². The molecule has 30 heavy (non-hydrogen) atoms. The molecule has 0 N–H and O–H groups in total. The maximum absolute atomic E-state index is 12.8. The lowest BCUT2D eigenvalue weighted by atomic mass is 9.84. The number of rotatable bonds is 12. The predicted molar refractivity (Wildman–Crippen MR) is 124 cm³/mol. The third kappa shape index (κ3) is 7.18. The molecule has 0 radical (unpaired) electrons. The van der Waals surface area contributed by atoms with E-state index in [2.05, 4.69) is 13.0 Å². The van der Waals surface area contributed by atoms with Gasteiger partial charge in [-0.2, -0.15) is 0 Å². The van der Waals surface area contributed by atoms with Crippen LogP contribution >= 0.6 is 0 Å². The van der Waals surface area contributed by atoms with Gasteiger partial charge in [-0.25, -0.2) is 4.79 Å². The summed E-state index contributed by atoms with van der Waals surface area (Å²) in [4.78, 5) is 14.8. The summed E-state index contributed by atoms with van der Waals surface area (Å²) < 4.78 is 5.66. The van der Waals surface area contributed by atoms with Crippen LogP contribution in [0.3, 0.4) is 0 Å². The number of fused-ring (bicyclic) bond motifs is 2. The highest BCUT2D eigenvalue weighted by atomic mass is 16.6. The molecule has 1 fully saturated rings. The van der Waals surface area contributed by atoms with Crippen molar-refractivity contribution >= 4 is 6.09 Å².